The van der Waals surface area contributed by atoms with Crippen molar-refractivity contribution in [1.82, 2.24) is 4.90 Å². The summed E-state index contributed by atoms with van der Waals surface area (Å²) >= 11 is 0. The number of nitrogens with zero attached hydrogens (tertiary/aromatic N) is 1. The van der Waals surface area contributed by atoms with E-state index >= 15 is 0 Å². The first kappa shape index (κ1) is 7.05. The summed E-state index contributed by atoms with van der Waals surface area (Å²) in [7, 11) is 1.43. The van der Waals surface area contributed by atoms with Gasteiger partial charge in [-0.15, -0.1) is 0 Å². The zero-order valence-corrected chi connectivity index (χ0v) is 5.79. The molecule has 0 unspecified atom stereocenters. The van der Waals surface area contributed by atoms with E-state index in [1.54, 1.807) is 0 Å². The van der Waals surface area contributed by atoms with Crippen LogP contribution in [-0.4, -0.2) is 30.6 Å². The molecule has 10 heavy (non-hydrogen) atoms. The van der Waals surface area contributed by atoms with E-state index in [9.17, 15) is 9.59 Å². The summed E-state index contributed by atoms with van der Waals surface area (Å²) < 4.78 is 4.65. The number of hydrogen-bond donors (Lipinski definition) is 0. The molecule has 1 rings (SSSR count). The van der Waals surface area contributed by atoms with Gasteiger partial charge in [0, 0.05) is 13.5 Å². The minimum atomic E-state index is -0.539. The van der Waals surface area contributed by atoms with E-state index < -0.39 is 6.09 Å². The van der Waals surface area contributed by atoms with Gasteiger partial charge >= 0.3 is 6.09 Å². The third-order valence-electron chi connectivity index (χ3n) is 1.41. The molecule has 0 aromatic rings. The maximum Gasteiger partial charge on any atom is 0.416 e. The topological polar surface area (TPSA) is 46.6 Å². The smallest absolute Gasteiger partial charge is 0.416 e. The SMILES string of the molecule is CN1C(=O)CCCOC1=O. The van der Waals surface area contributed by atoms with Crippen LogP contribution in [0.1, 0.15) is 12.8 Å². The number of carbonyl (C=O) groups is 2. The highest BCUT2D eigenvalue weighted by Crippen LogP contribution is 2.04. The Labute approximate surface area is 58.8 Å². The van der Waals surface area contributed by atoms with E-state index in [0.29, 0.717) is 19.4 Å². The van der Waals surface area contributed by atoms with Crippen LogP contribution in [-0.2, 0) is 9.53 Å². The minimum Gasteiger partial charge on any atom is -0.449 e. The Kier molecular flexibility index (Phi) is 1.89. The lowest BCUT2D eigenvalue weighted by molar-refractivity contribution is -0.127. The van der Waals surface area contributed by atoms with Crippen LogP contribution in [0.3, 0.4) is 0 Å². The van der Waals surface area contributed by atoms with Gasteiger partial charge in [0.2, 0.25) is 5.91 Å². The number of hydrogen-bond acceptors (Lipinski definition) is 3. The summed E-state index contributed by atoms with van der Waals surface area (Å²) in [5.41, 5.74) is 0. The molecular weight excluding hydrogens is 134 g/mol. The van der Waals surface area contributed by atoms with Crippen molar-refractivity contribution < 1.29 is 14.3 Å². The third kappa shape index (κ3) is 1.26. The van der Waals surface area contributed by atoms with Gasteiger partial charge in [-0.2, -0.15) is 0 Å². The van der Waals surface area contributed by atoms with Crippen LogP contribution in [0.5, 0.6) is 0 Å². The Balaban J connectivity index is 2.64. The van der Waals surface area contributed by atoms with E-state index in [4.69, 9.17) is 0 Å². The maximum absolute atomic E-state index is 10.8. The molecular formula is C6H9NO3. The first-order valence-electron chi connectivity index (χ1n) is 3.15. The second kappa shape index (κ2) is 2.68. The number of amides is 2. The number of cyclic esters (lactones) is 1. The van der Waals surface area contributed by atoms with Crippen LogP contribution in [0.15, 0.2) is 0 Å². The molecule has 2 amide bonds. The summed E-state index contributed by atoms with van der Waals surface area (Å²) in [5.74, 6) is -0.164. The lowest BCUT2D eigenvalue weighted by Gasteiger charge is -2.08. The maximum atomic E-state index is 10.8. The Hall–Kier alpha value is -1.06. The Morgan fingerprint density at radius 3 is 2.90 bits per heavy atom. The lowest BCUT2D eigenvalue weighted by Crippen LogP contribution is -2.30. The van der Waals surface area contributed by atoms with Crippen molar-refractivity contribution in [2.75, 3.05) is 13.7 Å². The van der Waals surface area contributed by atoms with Crippen LogP contribution in [0, 0.1) is 0 Å². The van der Waals surface area contributed by atoms with Crippen molar-refractivity contribution in [2.24, 2.45) is 0 Å². The molecule has 0 aromatic carbocycles. The van der Waals surface area contributed by atoms with E-state index in [1.807, 2.05) is 0 Å². The molecule has 0 radical (unpaired) electrons. The minimum absolute atomic E-state index is 0.164. The van der Waals surface area contributed by atoms with Crippen molar-refractivity contribution in [3.63, 3.8) is 0 Å². The Morgan fingerprint density at radius 2 is 2.20 bits per heavy atom. The summed E-state index contributed by atoms with van der Waals surface area (Å²) in [6, 6.07) is 0. The number of ether oxygens (including phenoxy) is 1. The first-order valence-corrected chi connectivity index (χ1v) is 3.15. The van der Waals surface area contributed by atoms with Crippen molar-refractivity contribution in [1.29, 1.82) is 0 Å². The van der Waals surface area contributed by atoms with Crippen LogP contribution in [0.25, 0.3) is 0 Å². The van der Waals surface area contributed by atoms with Crippen LogP contribution >= 0.6 is 0 Å². The summed E-state index contributed by atoms with van der Waals surface area (Å²) in [5, 5.41) is 0. The molecule has 4 heteroatoms. The average molecular weight is 143 g/mol. The fraction of sp³-hybridized carbons (Fsp3) is 0.667. The molecule has 1 fully saturated rings. The van der Waals surface area contributed by atoms with Gasteiger partial charge in [-0.25, -0.2) is 4.79 Å². The normalized spacial score (nSPS) is 20.3. The first-order chi connectivity index (χ1) is 4.72. The average Bonchev–Trinajstić information content (AvgIpc) is 2.04. The molecule has 56 valence electrons. The van der Waals surface area contributed by atoms with Gasteiger partial charge in [0.25, 0.3) is 0 Å². The highest BCUT2D eigenvalue weighted by Gasteiger charge is 2.20. The van der Waals surface area contributed by atoms with Gasteiger partial charge in [0.15, 0.2) is 0 Å². The number of carbonyl (C=O) groups excluding carboxylic acids is 2. The fourth-order valence-electron chi connectivity index (χ4n) is 0.749. The zero-order valence-electron chi connectivity index (χ0n) is 5.79. The molecule has 1 saturated heterocycles. The van der Waals surface area contributed by atoms with E-state index in [-0.39, 0.29) is 5.91 Å². The number of rotatable bonds is 0. The molecule has 1 heterocycles. The third-order valence-corrected chi connectivity index (χ3v) is 1.41. The van der Waals surface area contributed by atoms with E-state index in [2.05, 4.69) is 4.74 Å². The molecule has 1 aliphatic rings. The molecule has 4 nitrogen and oxygen atoms in total. The number of imide groups is 1. The summed E-state index contributed by atoms with van der Waals surface area (Å²) in [4.78, 5) is 22.6. The second-order valence-electron chi connectivity index (χ2n) is 2.17. The highest BCUT2D eigenvalue weighted by atomic mass is 16.6. The van der Waals surface area contributed by atoms with Crippen LogP contribution in [0.4, 0.5) is 4.79 Å². The summed E-state index contributed by atoms with van der Waals surface area (Å²) in [6.07, 6.45) is 0.499. The van der Waals surface area contributed by atoms with E-state index in [1.165, 1.54) is 7.05 Å². The van der Waals surface area contributed by atoms with Crippen LogP contribution in [0.2, 0.25) is 0 Å². The standard InChI is InChI=1S/C6H9NO3/c1-7-5(8)3-2-4-10-6(7)9/h2-4H2,1H3. The highest BCUT2D eigenvalue weighted by molar-refractivity contribution is 5.92. The molecule has 1 aliphatic heterocycles. The van der Waals surface area contributed by atoms with Gasteiger partial charge in [0.1, 0.15) is 0 Å². The molecule has 0 bridgehead atoms. The molecule has 0 aromatic heterocycles. The zero-order chi connectivity index (χ0) is 7.56. The quantitative estimate of drug-likeness (QED) is 0.492. The summed E-state index contributed by atoms with van der Waals surface area (Å²) in [6.45, 7) is 0.356. The Morgan fingerprint density at radius 1 is 1.50 bits per heavy atom. The Bertz CT molecular complexity index is 148. The molecule has 0 atom stereocenters. The van der Waals surface area contributed by atoms with Crippen molar-refractivity contribution >= 4 is 12.0 Å². The molecule has 0 N–H and O–H groups in total. The molecule has 0 aliphatic carbocycles. The van der Waals surface area contributed by atoms with Gasteiger partial charge in [-0.05, 0) is 6.42 Å². The van der Waals surface area contributed by atoms with Gasteiger partial charge in [-0.1, -0.05) is 0 Å². The molecule has 0 spiro atoms. The predicted molar refractivity (Wildman–Crippen MR) is 33.4 cm³/mol. The fourth-order valence-corrected chi connectivity index (χ4v) is 0.749. The molecule has 0 saturated carbocycles. The monoisotopic (exact) mass is 143 g/mol. The lowest BCUT2D eigenvalue weighted by atomic mass is 10.3. The van der Waals surface area contributed by atoms with Crippen molar-refractivity contribution in [3.05, 3.63) is 0 Å². The largest absolute Gasteiger partial charge is 0.449 e. The van der Waals surface area contributed by atoms with E-state index in [0.717, 1.165) is 4.90 Å². The predicted octanol–water partition coefficient (Wildman–Crippen LogP) is 0.375. The second-order valence-corrected chi connectivity index (χ2v) is 2.17. The van der Waals surface area contributed by atoms with Crippen molar-refractivity contribution in [3.8, 4) is 0 Å². The van der Waals surface area contributed by atoms with Crippen LogP contribution < -0.4 is 0 Å². The van der Waals surface area contributed by atoms with Crippen molar-refractivity contribution in [2.45, 2.75) is 12.8 Å². The van der Waals surface area contributed by atoms with Gasteiger partial charge in [-0.3, -0.25) is 9.69 Å². The van der Waals surface area contributed by atoms with Gasteiger partial charge in [0.05, 0.1) is 6.61 Å². The van der Waals surface area contributed by atoms with Gasteiger partial charge < -0.3 is 4.74 Å².